The van der Waals surface area contributed by atoms with Crippen molar-refractivity contribution < 1.29 is 33.8 Å². The molecule has 0 aliphatic carbocycles. The summed E-state index contributed by atoms with van der Waals surface area (Å²) in [5, 5.41) is 12.6. The molecule has 1 fully saturated rings. The van der Waals surface area contributed by atoms with Crippen LogP contribution in [0.3, 0.4) is 0 Å². The second kappa shape index (κ2) is 9.79. The van der Waals surface area contributed by atoms with Gasteiger partial charge >= 0.3 is 5.97 Å². The van der Waals surface area contributed by atoms with Gasteiger partial charge < -0.3 is 19.9 Å². The average molecular weight is 487 g/mol. The second-order valence-electron chi connectivity index (χ2n) is 5.94. The summed E-state index contributed by atoms with van der Waals surface area (Å²) < 4.78 is 10.3. The van der Waals surface area contributed by atoms with Gasteiger partial charge in [0.25, 0.3) is 0 Å². The summed E-state index contributed by atoms with van der Waals surface area (Å²) in [7, 11) is 1.53. The van der Waals surface area contributed by atoms with Crippen LogP contribution in [0, 0.1) is 0 Å². The third-order valence-corrected chi connectivity index (χ3v) is 5.41. The van der Waals surface area contributed by atoms with Crippen LogP contribution in [0.25, 0.3) is 0 Å². The molecule has 2 rings (SSSR count). The number of β-lactam (4-membered cyclic amide) rings is 1. The summed E-state index contributed by atoms with van der Waals surface area (Å²) in [5.74, 6) is -1.89. The monoisotopic (exact) mass is 486 g/mol. The lowest BCUT2D eigenvalue weighted by Gasteiger charge is -2.50. The number of hydrogen-bond donors (Lipinski definition) is 2. The van der Waals surface area contributed by atoms with Crippen LogP contribution in [0.15, 0.2) is 35.7 Å². The van der Waals surface area contributed by atoms with Crippen LogP contribution in [-0.4, -0.2) is 50.8 Å². The van der Waals surface area contributed by atoms with Gasteiger partial charge in [-0.15, -0.1) is 0 Å². The summed E-state index contributed by atoms with van der Waals surface area (Å²) in [5.41, 5.74) is 0.651. The van der Waals surface area contributed by atoms with E-state index in [-0.39, 0.29) is 18.4 Å². The maximum Gasteiger partial charge on any atom is 0.359 e. The highest BCUT2D eigenvalue weighted by Crippen LogP contribution is 2.42. The van der Waals surface area contributed by atoms with Crippen LogP contribution < -0.4 is 10.1 Å². The number of nitrogens with one attached hydrogen (secondary N) is 1. The molecule has 1 heterocycles. The Morgan fingerprint density at radius 1 is 1.38 bits per heavy atom. The molecule has 0 bridgehead atoms. The van der Waals surface area contributed by atoms with Gasteiger partial charge in [-0.1, -0.05) is 28.1 Å². The highest BCUT2D eigenvalue weighted by molar-refractivity contribution is 9.09. The number of benzene rings is 1. The number of methoxy groups -OCH3 is 1. The van der Waals surface area contributed by atoms with Gasteiger partial charge in [0.05, 0.1) is 18.9 Å². The Labute approximate surface area is 179 Å². The molecule has 0 aromatic heterocycles. The highest BCUT2D eigenvalue weighted by atomic mass is 79.9. The predicted molar refractivity (Wildman–Crippen MR) is 109 cm³/mol. The molecule has 1 aliphatic rings. The summed E-state index contributed by atoms with van der Waals surface area (Å²) in [6.45, 7) is 1.09. The number of alkyl halides is 1. The molecule has 1 aliphatic heterocycles. The van der Waals surface area contributed by atoms with Gasteiger partial charge in [-0.3, -0.25) is 19.3 Å². The van der Waals surface area contributed by atoms with E-state index in [1.165, 1.54) is 14.0 Å². The zero-order valence-corrected chi connectivity index (χ0v) is 18.0. The maximum absolute atomic E-state index is 12.7. The quantitative estimate of drug-likeness (QED) is 0.103. The van der Waals surface area contributed by atoms with Gasteiger partial charge in [-0.25, -0.2) is 4.79 Å². The molecule has 1 saturated heterocycles. The normalized spacial score (nSPS) is 19.0. The minimum absolute atomic E-state index is 0.127. The van der Waals surface area contributed by atoms with Crippen molar-refractivity contribution in [1.29, 1.82) is 0 Å². The fourth-order valence-electron chi connectivity index (χ4n) is 2.70. The SMILES string of the molecule is COc1ccc(COC(=O)C(=C(O)CBr)N2C(=O)CC2(NC(C)=O)SC=O)cc1. The Morgan fingerprint density at radius 3 is 2.52 bits per heavy atom. The van der Waals surface area contributed by atoms with E-state index in [1.807, 2.05) is 0 Å². The van der Waals surface area contributed by atoms with Crippen molar-refractivity contribution in [2.24, 2.45) is 0 Å². The zero-order valence-electron chi connectivity index (χ0n) is 15.6. The van der Waals surface area contributed by atoms with Gasteiger partial charge in [-0.2, -0.15) is 0 Å². The first-order valence-electron chi connectivity index (χ1n) is 8.29. The van der Waals surface area contributed by atoms with E-state index in [0.717, 1.165) is 4.90 Å². The van der Waals surface area contributed by atoms with Crippen molar-refractivity contribution in [1.82, 2.24) is 10.2 Å². The smallest absolute Gasteiger partial charge is 0.359 e. The first kappa shape index (κ1) is 22.8. The molecule has 1 aromatic rings. The number of esters is 1. The molecule has 2 amide bonds. The largest absolute Gasteiger partial charge is 0.509 e. The van der Waals surface area contributed by atoms with Crippen molar-refractivity contribution >= 4 is 51.1 Å². The Morgan fingerprint density at radius 2 is 2.03 bits per heavy atom. The van der Waals surface area contributed by atoms with Gasteiger partial charge in [0.2, 0.25) is 11.8 Å². The molecule has 0 spiro atoms. The van der Waals surface area contributed by atoms with Crippen molar-refractivity contribution in [2.45, 2.75) is 24.9 Å². The predicted octanol–water partition coefficient (Wildman–Crippen LogP) is 1.85. The van der Waals surface area contributed by atoms with Gasteiger partial charge in [-0.05, 0) is 29.5 Å². The number of hydrogen-bond acceptors (Lipinski definition) is 8. The molecule has 1 aromatic carbocycles. The number of nitrogens with zero attached hydrogens (tertiary/aromatic N) is 1. The number of aliphatic hydroxyl groups excluding tert-OH is 1. The van der Waals surface area contributed by atoms with Crippen LogP contribution in [-0.2, 0) is 30.5 Å². The number of carbonyl (C=O) groups excluding carboxylic acids is 4. The number of allylic oxidation sites excluding steroid dienone is 1. The number of rotatable bonds is 9. The summed E-state index contributed by atoms with van der Waals surface area (Å²) >= 11 is 3.64. The van der Waals surface area contributed by atoms with E-state index in [1.54, 1.807) is 24.3 Å². The molecule has 156 valence electrons. The molecule has 9 nitrogen and oxygen atoms in total. The second-order valence-corrected chi connectivity index (χ2v) is 7.60. The van der Waals surface area contributed by atoms with E-state index in [0.29, 0.717) is 28.7 Å². The summed E-state index contributed by atoms with van der Waals surface area (Å²) in [6, 6.07) is 6.77. The Hall–Kier alpha value is -2.53. The van der Waals surface area contributed by atoms with E-state index in [4.69, 9.17) is 9.47 Å². The lowest BCUT2D eigenvalue weighted by Crippen LogP contribution is -2.70. The Kier molecular flexibility index (Phi) is 7.68. The molecule has 1 unspecified atom stereocenters. The van der Waals surface area contributed by atoms with E-state index in [2.05, 4.69) is 21.2 Å². The first-order valence-corrected chi connectivity index (χ1v) is 10.3. The number of amides is 2. The molecule has 11 heteroatoms. The van der Waals surface area contributed by atoms with Crippen LogP contribution in [0.2, 0.25) is 0 Å². The average Bonchev–Trinajstić information content (AvgIpc) is 2.69. The fraction of sp³-hybridized carbons (Fsp3) is 0.333. The number of aliphatic hydroxyl groups is 1. The molecular weight excluding hydrogens is 468 g/mol. The molecule has 2 N–H and O–H groups in total. The van der Waals surface area contributed by atoms with Crippen molar-refractivity contribution in [3.8, 4) is 5.75 Å². The Balaban J connectivity index is 2.27. The van der Waals surface area contributed by atoms with E-state index in [9.17, 15) is 24.3 Å². The van der Waals surface area contributed by atoms with E-state index >= 15 is 0 Å². The molecule has 0 radical (unpaired) electrons. The molecule has 29 heavy (non-hydrogen) atoms. The first-order chi connectivity index (χ1) is 13.8. The van der Waals surface area contributed by atoms with Crippen molar-refractivity contribution in [3.63, 3.8) is 0 Å². The van der Waals surface area contributed by atoms with Crippen LogP contribution >= 0.6 is 27.7 Å². The fourth-order valence-corrected chi connectivity index (χ4v) is 3.83. The van der Waals surface area contributed by atoms with Crippen molar-refractivity contribution in [3.05, 3.63) is 41.3 Å². The molecule has 0 saturated carbocycles. The summed E-state index contributed by atoms with van der Waals surface area (Å²) in [4.78, 5) is 47.0. The third-order valence-electron chi connectivity index (χ3n) is 3.96. The van der Waals surface area contributed by atoms with Crippen LogP contribution in [0.5, 0.6) is 5.75 Å². The third kappa shape index (κ3) is 5.10. The number of thioether (sulfide) groups is 1. The van der Waals surface area contributed by atoms with Crippen LogP contribution in [0.1, 0.15) is 18.9 Å². The van der Waals surface area contributed by atoms with Gasteiger partial charge in [0, 0.05) is 6.92 Å². The minimum atomic E-state index is -1.50. The standard InChI is InChI=1S/C18H19BrN2O7S/c1-11(23)20-18(29-10-22)7-15(25)21(18)16(14(24)8-19)17(26)28-9-12-3-5-13(27-2)6-4-12/h3-6,10,24H,7-9H2,1-2H3,(H,20,23). The number of likely N-dealkylation sites (tertiary alicyclic amines) is 1. The molecular formula is C18H19BrN2O7S. The topological polar surface area (TPSA) is 122 Å². The van der Waals surface area contributed by atoms with E-state index < -0.39 is 34.2 Å². The van der Waals surface area contributed by atoms with Gasteiger partial charge in [0.1, 0.15) is 18.1 Å². The van der Waals surface area contributed by atoms with Crippen LogP contribution in [0.4, 0.5) is 0 Å². The number of carbonyl (C=O) groups is 4. The maximum atomic E-state index is 12.7. The Bertz CT molecular complexity index is 839. The lowest BCUT2D eigenvalue weighted by molar-refractivity contribution is -0.157. The van der Waals surface area contributed by atoms with Crippen molar-refractivity contribution in [2.75, 3.05) is 12.4 Å². The minimum Gasteiger partial charge on any atom is -0.509 e. The highest BCUT2D eigenvalue weighted by Gasteiger charge is 2.56. The number of halogens is 1. The zero-order chi connectivity index (χ0) is 21.6. The lowest BCUT2D eigenvalue weighted by atomic mass is 10.1. The molecule has 1 atom stereocenters. The summed E-state index contributed by atoms with van der Waals surface area (Å²) in [6.07, 6.45) is -0.221. The van der Waals surface area contributed by atoms with Gasteiger partial charge in [0.15, 0.2) is 16.3 Å². The number of ether oxygens (including phenoxy) is 2.